The highest BCUT2D eigenvalue weighted by Crippen LogP contribution is 2.34. The first-order chi connectivity index (χ1) is 14.7. The molecule has 1 aliphatic rings. The normalized spacial score (nSPS) is 13.7. The quantitative estimate of drug-likeness (QED) is 0.452. The van der Waals surface area contributed by atoms with Gasteiger partial charge in [-0.3, -0.25) is 15.4 Å². The Labute approximate surface area is 181 Å². The van der Waals surface area contributed by atoms with Gasteiger partial charge in [-0.15, -0.1) is 0 Å². The number of nitrogens with one attached hydrogen (secondary N) is 1. The van der Waals surface area contributed by atoms with E-state index in [1.54, 1.807) is 26.8 Å². The van der Waals surface area contributed by atoms with E-state index in [2.05, 4.69) is 17.2 Å². The van der Waals surface area contributed by atoms with Crippen LogP contribution in [0.15, 0.2) is 42.5 Å². The highest BCUT2D eigenvalue weighted by molar-refractivity contribution is 5.90. The summed E-state index contributed by atoms with van der Waals surface area (Å²) in [5, 5.41) is 14.3. The van der Waals surface area contributed by atoms with E-state index < -0.39 is 16.6 Å². The first-order valence-corrected chi connectivity index (χ1v) is 9.95. The molecule has 2 aromatic rings. The van der Waals surface area contributed by atoms with E-state index in [0.717, 1.165) is 5.56 Å². The molecule has 0 bridgehead atoms. The summed E-state index contributed by atoms with van der Waals surface area (Å²) in [5.41, 5.74) is 1.09. The number of rotatable bonds is 3. The molecule has 0 saturated carbocycles. The van der Waals surface area contributed by atoms with Crippen molar-refractivity contribution in [2.24, 2.45) is 0 Å². The molecule has 8 heteroatoms. The molecule has 31 heavy (non-hydrogen) atoms. The van der Waals surface area contributed by atoms with E-state index in [9.17, 15) is 14.9 Å². The molecule has 1 heterocycles. The van der Waals surface area contributed by atoms with Crippen LogP contribution in [-0.4, -0.2) is 42.9 Å². The maximum absolute atomic E-state index is 12.3. The first kappa shape index (κ1) is 22.1. The Morgan fingerprint density at radius 3 is 2.45 bits per heavy atom. The number of carbonyl (C=O) groups is 1. The fraction of sp³-hybridized carbons (Fsp3) is 0.348. The van der Waals surface area contributed by atoms with Gasteiger partial charge in [0.15, 0.2) is 0 Å². The number of carbonyl (C=O) groups excluding carboxylic acids is 1. The number of anilines is 2. The van der Waals surface area contributed by atoms with E-state index in [1.807, 2.05) is 35.2 Å². The summed E-state index contributed by atoms with van der Waals surface area (Å²) in [6.07, 6.45) is -0.758. The Morgan fingerprint density at radius 2 is 1.84 bits per heavy atom. The third-order valence-corrected chi connectivity index (χ3v) is 4.41. The van der Waals surface area contributed by atoms with Crippen LogP contribution < -0.4 is 10.2 Å². The van der Waals surface area contributed by atoms with Crippen LogP contribution in [0.1, 0.15) is 31.9 Å². The molecular weight excluding hydrogens is 398 g/mol. The molecular formula is C23H25N3O5. The zero-order chi connectivity index (χ0) is 22.4. The standard InChI is InChI=1S/C23H25N3O5/c1-23(2,3)31-22(27)24-19-16-20(25-11-13-30-14-12-25)18(15-21(19)26(28)29)10-9-17-7-5-4-6-8-17/h4-8,15-16H,11-14H2,1-3H3,(H,24,27). The largest absolute Gasteiger partial charge is 0.444 e. The Bertz CT molecular complexity index is 1010. The number of ether oxygens (including phenoxy) is 2. The fourth-order valence-electron chi connectivity index (χ4n) is 3.07. The predicted molar refractivity (Wildman–Crippen MR) is 118 cm³/mol. The number of benzene rings is 2. The van der Waals surface area contributed by atoms with Gasteiger partial charge in [-0.25, -0.2) is 4.79 Å². The van der Waals surface area contributed by atoms with Crippen LogP contribution in [0.25, 0.3) is 0 Å². The average Bonchev–Trinajstić information content (AvgIpc) is 2.72. The minimum Gasteiger partial charge on any atom is -0.444 e. The average molecular weight is 423 g/mol. The Kier molecular flexibility index (Phi) is 6.78. The molecule has 3 rings (SSSR count). The fourth-order valence-corrected chi connectivity index (χ4v) is 3.07. The number of nitrogens with zero attached hydrogens (tertiary/aromatic N) is 2. The number of nitro benzene ring substituents is 1. The van der Waals surface area contributed by atoms with Crippen molar-refractivity contribution in [1.82, 2.24) is 0 Å². The van der Waals surface area contributed by atoms with Gasteiger partial charge in [-0.05, 0) is 39.0 Å². The molecule has 0 aromatic heterocycles. The van der Waals surface area contributed by atoms with E-state index in [1.165, 1.54) is 6.07 Å². The highest BCUT2D eigenvalue weighted by atomic mass is 16.6. The van der Waals surface area contributed by atoms with Crippen LogP contribution >= 0.6 is 0 Å². The van der Waals surface area contributed by atoms with Gasteiger partial charge < -0.3 is 14.4 Å². The van der Waals surface area contributed by atoms with Gasteiger partial charge in [0.25, 0.3) is 5.69 Å². The summed E-state index contributed by atoms with van der Waals surface area (Å²) < 4.78 is 10.7. The third kappa shape index (κ3) is 6.20. The van der Waals surface area contributed by atoms with Gasteiger partial charge in [-0.1, -0.05) is 30.0 Å². The summed E-state index contributed by atoms with van der Waals surface area (Å²) in [6.45, 7) is 7.48. The monoisotopic (exact) mass is 423 g/mol. The molecule has 1 amide bonds. The number of hydrogen-bond acceptors (Lipinski definition) is 6. The van der Waals surface area contributed by atoms with Crippen molar-refractivity contribution in [3.05, 3.63) is 63.7 Å². The van der Waals surface area contributed by atoms with E-state index in [-0.39, 0.29) is 11.4 Å². The summed E-state index contributed by atoms with van der Waals surface area (Å²) in [7, 11) is 0. The number of morpholine rings is 1. The summed E-state index contributed by atoms with van der Waals surface area (Å²) in [4.78, 5) is 25.5. The van der Waals surface area contributed by atoms with Gasteiger partial charge >= 0.3 is 6.09 Å². The lowest BCUT2D eigenvalue weighted by Crippen LogP contribution is -2.36. The second-order valence-electron chi connectivity index (χ2n) is 7.99. The van der Waals surface area contributed by atoms with Crippen LogP contribution in [-0.2, 0) is 9.47 Å². The number of hydrogen-bond donors (Lipinski definition) is 1. The van der Waals surface area contributed by atoms with Crippen molar-refractivity contribution in [2.75, 3.05) is 36.5 Å². The summed E-state index contributed by atoms with van der Waals surface area (Å²) in [5.74, 6) is 6.12. The van der Waals surface area contributed by atoms with Crippen LogP contribution in [0, 0.1) is 22.0 Å². The molecule has 1 saturated heterocycles. The van der Waals surface area contributed by atoms with Gasteiger partial charge in [0.1, 0.15) is 11.3 Å². The predicted octanol–water partition coefficient (Wildman–Crippen LogP) is 4.18. The van der Waals surface area contributed by atoms with Gasteiger partial charge in [-0.2, -0.15) is 0 Å². The second kappa shape index (κ2) is 9.49. The minimum atomic E-state index is -0.758. The SMILES string of the molecule is CC(C)(C)OC(=O)Nc1cc(N2CCOCC2)c(C#Cc2ccccc2)cc1[N+](=O)[O-]. The molecule has 0 radical (unpaired) electrons. The molecule has 2 aromatic carbocycles. The maximum atomic E-state index is 12.3. The van der Waals surface area contributed by atoms with Crippen LogP contribution in [0.3, 0.4) is 0 Å². The molecule has 1 fully saturated rings. The zero-order valence-corrected chi connectivity index (χ0v) is 17.8. The highest BCUT2D eigenvalue weighted by Gasteiger charge is 2.25. The molecule has 0 spiro atoms. The van der Waals surface area contributed by atoms with E-state index in [4.69, 9.17) is 9.47 Å². The molecule has 0 atom stereocenters. The van der Waals surface area contributed by atoms with E-state index in [0.29, 0.717) is 37.6 Å². The van der Waals surface area contributed by atoms with Crippen LogP contribution in [0.4, 0.5) is 21.9 Å². The number of amides is 1. The third-order valence-electron chi connectivity index (χ3n) is 4.41. The van der Waals surface area contributed by atoms with Crippen LogP contribution in [0.2, 0.25) is 0 Å². The van der Waals surface area contributed by atoms with Crippen LogP contribution in [0.5, 0.6) is 0 Å². The van der Waals surface area contributed by atoms with Crippen molar-refractivity contribution in [2.45, 2.75) is 26.4 Å². The topological polar surface area (TPSA) is 93.9 Å². The lowest BCUT2D eigenvalue weighted by molar-refractivity contribution is -0.383. The van der Waals surface area contributed by atoms with Crippen molar-refractivity contribution in [3.63, 3.8) is 0 Å². The lowest BCUT2D eigenvalue weighted by Gasteiger charge is -2.30. The lowest BCUT2D eigenvalue weighted by atomic mass is 10.1. The first-order valence-electron chi connectivity index (χ1n) is 9.95. The van der Waals surface area contributed by atoms with Crippen molar-refractivity contribution in [1.29, 1.82) is 0 Å². The zero-order valence-electron chi connectivity index (χ0n) is 17.8. The molecule has 0 unspecified atom stereocenters. The number of nitro groups is 1. The van der Waals surface area contributed by atoms with Gasteiger partial charge in [0.2, 0.25) is 0 Å². The Hall–Kier alpha value is -3.57. The molecule has 162 valence electrons. The summed E-state index contributed by atoms with van der Waals surface area (Å²) in [6, 6.07) is 12.4. The smallest absolute Gasteiger partial charge is 0.412 e. The molecule has 0 aliphatic carbocycles. The van der Waals surface area contributed by atoms with Crippen molar-refractivity contribution >= 4 is 23.2 Å². The van der Waals surface area contributed by atoms with Crippen molar-refractivity contribution in [3.8, 4) is 11.8 Å². The van der Waals surface area contributed by atoms with Gasteiger partial charge in [0.05, 0.1) is 29.4 Å². The second-order valence-corrected chi connectivity index (χ2v) is 7.99. The van der Waals surface area contributed by atoms with E-state index >= 15 is 0 Å². The maximum Gasteiger partial charge on any atom is 0.412 e. The molecule has 1 aliphatic heterocycles. The Balaban J connectivity index is 2.04. The van der Waals surface area contributed by atoms with Crippen molar-refractivity contribution < 1.29 is 19.2 Å². The van der Waals surface area contributed by atoms with Gasteiger partial charge in [0, 0.05) is 24.7 Å². The molecule has 8 nitrogen and oxygen atoms in total. The summed E-state index contributed by atoms with van der Waals surface area (Å²) >= 11 is 0. The Morgan fingerprint density at radius 1 is 1.16 bits per heavy atom. The molecule has 1 N–H and O–H groups in total. The minimum absolute atomic E-state index is 0.0611.